The third-order valence-corrected chi connectivity index (χ3v) is 4.31. The van der Waals surface area contributed by atoms with Crippen molar-refractivity contribution in [2.75, 3.05) is 13.1 Å². The standard InChI is InChI=1S/C13H20N2OS/c1-10-5-3-7-15(9-10)13(16)14-11(2)12-6-4-8-17-12/h4,6,8,10-11H,3,5,7,9H2,1-2H3,(H,14,16). The molecular formula is C13H20N2OS. The SMILES string of the molecule is CC1CCCN(C(=O)NC(C)c2cccs2)C1. The second-order valence-corrected chi connectivity index (χ2v) is 5.86. The van der Waals surface area contributed by atoms with Crippen LogP contribution >= 0.6 is 11.3 Å². The minimum Gasteiger partial charge on any atom is -0.331 e. The first-order valence-corrected chi connectivity index (χ1v) is 7.13. The van der Waals surface area contributed by atoms with Crippen LogP contribution in [0.1, 0.15) is 37.6 Å². The van der Waals surface area contributed by atoms with Crippen molar-refractivity contribution < 1.29 is 4.79 Å². The Morgan fingerprint density at radius 2 is 2.47 bits per heavy atom. The highest BCUT2D eigenvalue weighted by Gasteiger charge is 2.22. The molecule has 1 N–H and O–H groups in total. The van der Waals surface area contributed by atoms with Crippen molar-refractivity contribution in [2.24, 2.45) is 5.92 Å². The van der Waals surface area contributed by atoms with Gasteiger partial charge in [-0.05, 0) is 37.1 Å². The zero-order valence-corrected chi connectivity index (χ0v) is 11.3. The molecule has 3 nitrogen and oxygen atoms in total. The van der Waals surface area contributed by atoms with E-state index in [2.05, 4.69) is 18.3 Å². The molecule has 1 saturated heterocycles. The van der Waals surface area contributed by atoms with Crippen molar-refractivity contribution in [3.05, 3.63) is 22.4 Å². The first-order valence-electron chi connectivity index (χ1n) is 6.25. The Hall–Kier alpha value is -1.03. The van der Waals surface area contributed by atoms with E-state index >= 15 is 0 Å². The lowest BCUT2D eigenvalue weighted by atomic mass is 10.0. The van der Waals surface area contributed by atoms with Gasteiger partial charge in [0.25, 0.3) is 0 Å². The summed E-state index contributed by atoms with van der Waals surface area (Å²) >= 11 is 1.69. The van der Waals surface area contributed by atoms with Crippen molar-refractivity contribution in [3.8, 4) is 0 Å². The van der Waals surface area contributed by atoms with Crippen LogP contribution in [0.4, 0.5) is 4.79 Å². The summed E-state index contributed by atoms with van der Waals surface area (Å²) in [5, 5.41) is 5.11. The molecule has 2 rings (SSSR count). The molecule has 0 spiro atoms. The fourth-order valence-electron chi connectivity index (χ4n) is 2.26. The number of carbonyl (C=O) groups is 1. The molecule has 0 bridgehead atoms. The van der Waals surface area contributed by atoms with Crippen LogP contribution in [0.25, 0.3) is 0 Å². The molecule has 1 aromatic rings. The van der Waals surface area contributed by atoms with E-state index in [1.807, 2.05) is 23.3 Å². The zero-order chi connectivity index (χ0) is 12.3. The number of carbonyl (C=O) groups excluding carboxylic acids is 1. The van der Waals surface area contributed by atoms with Gasteiger partial charge in [-0.1, -0.05) is 13.0 Å². The summed E-state index contributed by atoms with van der Waals surface area (Å²) in [6, 6.07) is 4.28. The molecule has 2 unspecified atom stereocenters. The summed E-state index contributed by atoms with van der Waals surface area (Å²) in [6.45, 7) is 6.04. The minimum absolute atomic E-state index is 0.0810. The smallest absolute Gasteiger partial charge is 0.317 e. The van der Waals surface area contributed by atoms with Crippen LogP contribution in [0.2, 0.25) is 0 Å². The van der Waals surface area contributed by atoms with Crippen LogP contribution in [0.5, 0.6) is 0 Å². The number of urea groups is 1. The second kappa shape index (κ2) is 5.54. The number of piperidine rings is 1. The Labute approximate surface area is 107 Å². The summed E-state index contributed by atoms with van der Waals surface area (Å²) < 4.78 is 0. The molecule has 0 aliphatic carbocycles. The van der Waals surface area contributed by atoms with Crippen LogP contribution in [-0.4, -0.2) is 24.0 Å². The van der Waals surface area contributed by atoms with Gasteiger partial charge in [-0.25, -0.2) is 4.79 Å². The Morgan fingerprint density at radius 1 is 1.65 bits per heavy atom. The highest BCUT2D eigenvalue weighted by Crippen LogP contribution is 2.20. The van der Waals surface area contributed by atoms with E-state index in [9.17, 15) is 4.79 Å². The van der Waals surface area contributed by atoms with E-state index in [0.717, 1.165) is 19.5 Å². The maximum absolute atomic E-state index is 12.1. The first-order chi connectivity index (χ1) is 8.16. The summed E-state index contributed by atoms with van der Waals surface area (Å²) in [7, 11) is 0. The van der Waals surface area contributed by atoms with Gasteiger partial charge in [0.2, 0.25) is 0 Å². The number of rotatable bonds is 2. The molecule has 1 aliphatic heterocycles. The molecule has 1 aliphatic rings. The molecule has 17 heavy (non-hydrogen) atoms. The molecule has 0 aromatic carbocycles. The predicted octanol–water partition coefficient (Wildman–Crippen LogP) is 3.25. The third kappa shape index (κ3) is 3.22. The van der Waals surface area contributed by atoms with Crippen LogP contribution in [0, 0.1) is 5.92 Å². The van der Waals surface area contributed by atoms with Crippen molar-refractivity contribution >= 4 is 17.4 Å². The van der Waals surface area contributed by atoms with Gasteiger partial charge >= 0.3 is 6.03 Å². The van der Waals surface area contributed by atoms with Gasteiger partial charge in [0.1, 0.15) is 0 Å². The summed E-state index contributed by atoms with van der Waals surface area (Å²) in [6.07, 6.45) is 2.37. The van der Waals surface area contributed by atoms with Gasteiger partial charge in [0.05, 0.1) is 6.04 Å². The van der Waals surface area contributed by atoms with Crippen molar-refractivity contribution in [1.82, 2.24) is 10.2 Å². The average Bonchev–Trinajstić information content (AvgIpc) is 2.82. The van der Waals surface area contributed by atoms with Gasteiger partial charge < -0.3 is 10.2 Å². The molecule has 94 valence electrons. The molecule has 0 saturated carbocycles. The van der Waals surface area contributed by atoms with Gasteiger partial charge in [0, 0.05) is 18.0 Å². The van der Waals surface area contributed by atoms with E-state index in [4.69, 9.17) is 0 Å². The monoisotopic (exact) mass is 252 g/mol. The summed E-state index contributed by atoms with van der Waals surface area (Å²) in [5.74, 6) is 0.631. The lowest BCUT2D eigenvalue weighted by molar-refractivity contribution is 0.167. The number of likely N-dealkylation sites (tertiary alicyclic amines) is 1. The fraction of sp³-hybridized carbons (Fsp3) is 0.615. The van der Waals surface area contributed by atoms with Crippen molar-refractivity contribution in [2.45, 2.75) is 32.7 Å². The van der Waals surface area contributed by atoms with Gasteiger partial charge in [-0.2, -0.15) is 0 Å². The highest BCUT2D eigenvalue weighted by atomic mass is 32.1. The van der Waals surface area contributed by atoms with E-state index < -0.39 is 0 Å². The minimum atomic E-state index is 0.0810. The number of nitrogens with one attached hydrogen (secondary N) is 1. The topological polar surface area (TPSA) is 32.3 Å². The van der Waals surface area contributed by atoms with Crippen LogP contribution in [0.15, 0.2) is 17.5 Å². The number of hydrogen-bond donors (Lipinski definition) is 1. The third-order valence-electron chi connectivity index (χ3n) is 3.25. The van der Waals surface area contributed by atoms with Crippen LogP contribution in [0.3, 0.4) is 0 Å². The van der Waals surface area contributed by atoms with Gasteiger partial charge in [-0.3, -0.25) is 0 Å². The van der Waals surface area contributed by atoms with Crippen LogP contribution in [-0.2, 0) is 0 Å². The van der Waals surface area contributed by atoms with Gasteiger partial charge in [0.15, 0.2) is 0 Å². The lowest BCUT2D eigenvalue weighted by Gasteiger charge is -2.31. The van der Waals surface area contributed by atoms with Crippen LogP contribution < -0.4 is 5.32 Å². The summed E-state index contributed by atoms with van der Waals surface area (Å²) in [4.78, 5) is 15.2. The maximum atomic E-state index is 12.1. The second-order valence-electron chi connectivity index (χ2n) is 4.88. The molecule has 2 atom stereocenters. The first kappa shape index (κ1) is 12.4. The molecule has 0 radical (unpaired) electrons. The lowest BCUT2D eigenvalue weighted by Crippen LogP contribution is -2.45. The number of amides is 2. The molecule has 2 heterocycles. The fourth-order valence-corrected chi connectivity index (χ4v) is 2.99. The van der Waals surface area contributed by atoms with E-state index in [1.54, 1.807) is 11.3 Å². The molecule has 1 fully saturated rings. The quantitative estimate of drug-likeness (QED) is 0.861. The largest absolute Gasteiger partial charge is 0.331 e. The Bertz CT molecular complexity index is 364. The van der Waals surface area contributed by atoms with E-state index in [-0.39, 0.29) is 12.1 Å². The number of hydrogen-bond acceptors (Lipinski definition) is 2. The Balaban J connectivity index is 1.88. The Kier molecular flexibility index (Phi) is 4.05. The van der Waals surface area contributed by atoms with Crippen molar-refractivity contribution in [1.29, 1.82) is 0 Å². The van der Waals surface area contributed by atoms with E-state index in [0.29, 0.717) is 5.92 Å². The highest BCUT2D eigenvalue weighted by molar-refractivity contribution is 7.10. The van der Waals surface area contributed by atoms with Gasteiger partial charge in [-0.15, -0.1) is 11.3 Å². The predicted molar refractivity (Wildman–Crippen MR) is 71.2 cm³/mol. The van der Waals surface area contributed by atoms with Crippen molar-refractivity contribution in [3.63, 3.8) is 0 Å². The molecular weight excluding hydrogens is 232 g/mol. The Morgan fingerprint density at radius 3 is 3.12 bits per heavy atom. The average molecular weight is 252 g/mol. The van der Waals surface area contributed by atoms with E-state index in [1.165, 1.54) is 11.3 Å². The molecule has 1 aromatic heterocycles. The number of nitrogens with zero attached hydrogens (tertiary/aromatic N) is 1. The molecule has 2 amide bonds. The number of thiophene rings is 1. The zero-order valence-electron chi connectivity index (χ0n) is 10.5. The normalized spacial score (nSPS) is 22.2. The maximum Gasteiger partial charge on any atom is 0.317 e. The summed E-state index contributed by atoms with van der Waals surface area (Å²) in [5.41, 5.74) is 0. The molecule has 4 heteroatoms.